The third kappa shape index (κ3) is 6.18. The third-order valence-electron chi connectivity index (χ3n) is 4.95. The van der Waals surface area contributed by atoms with Crippen molar-refractivity contribution in [3.05, 3.63) is 92.3 Å². The van der Waals surface area contributed by atoms with Crippen molar-refractivity contribution in [1.82, 2.24) is 5.32 Å². The summed E-state index contributed by atoms with van der Waals surface area (Å²) >= 11 is 15.7. The zero-order chi connectivity index (χ0) is 24.4. The first-order valence-corrected chi connectivity index (χ1v) is 14.3. The Morgan fingerprint density at radius 1 is 1.12 bits per heavy atom. The van der Waals surface area contributed by atoms with Gasteiger partial charge in [0, 0.05) is 15.1 Å². The molecule has 1 N–H and O–H groups in total. The Kier molecular flexibility index (Phi) is 8.66. The number of amides is 1. The van der Waals surface area contributed by atoms with Gasteiger partial charge in [-0.1, -0.05) is 45.7 Å². The second kappa shape index (κ2) is 11.3. The van der Waals surface area contributed by atoms with Gasteiger partial charge < -0.3 is 10.1 Å². The van der Waals surface area contributed by atoms with Gasteiger partial charge in [-0.2, -0.15) is 0 Å². The van der Waals surface area contributed by atoms with Gasteiger partial charge in [0.15, 0.2) is 5.17 Å². The standard InChI is InChI=1S/C25H18BrClI2N2O2S/c1-13-7-17(8-14(2)22(13)26)30-25-31-24(32)21(34-25)11-15-9-19(28)23(20(29)10-15)33-12-16-5-3-4-6-18(16)27/h3-11H,12H2,1-2H3,(H,30,31,32)/b21-11-. The van der Waals surface area contributed by atoms with E-state index in [9.17, 15) is 4.79 Å². The van der Waals surface area contributed by atoms with E-state index in [1.807, 2.05) is 68.5 Å². The normalized spacial score (nSPS) is 15.8. The molecule has 4 nitrogen and oxygen atoms in total. The topological polar surface area (TPSA) is 50.7 Å². The van der Waals surface area contributed by atoms with E-state index >= 15 is 0 Å². The van der Waals surface area contributed by atoms with Crippen molar-refractivity contribution in [3.8, 4) is 5.75 Å². The first-order valence-electron chi connectivity index (χ1n) is 10.1. The van der Waals surface area contributed by atoms with Crippen LogP contribution in [-0.2, 0) is 11.4 Å². The molecule has 3 aromatic rings. The minimum absolute atomic E-state index is 0.154. The summed E-state index contributed by atoms with van der Waals surface area (Å²) in [5.41, 5.74) is 4.87. The van der Waals surface area contributed by atoms with Crippen LogP contribution in [-0.4, -0.2) is 11.1 Å². The molecule has 0 aliphatic carbocycles. The molecule has 1 amide bonds. The summed E-state index contributed by atoms with van der Waals surface area (Å²) in [6.07, 6.45) is 1.88. The highest BCUT2D eigenvalue weighted by Gasteiger charge is 2.24. The molecule has 0 spiro atoms. The zero-order valence-electron chi connectivity index (χ0n) is 18.1. The molecule has 1 fully saturated rings. The second-order valence-electron chi connectivity index (χ2n) is 7.57. The van der Waals surface area contributed by atoms with Crippen LogP contribution >= 0.6 is 84.5 Å². The van der Waals surface area contributed by atoms with Crippen molar-refractivity contribution in [2.45, 2.75) is 20.5 Å². The Bertz CT molecular complexity index is 1310. The van der Waals surface area contributed by atoms with E-state index in [0.717, 1.165) is 45.3 Å². The van der Waals surface area contributed by atoms with Gasteiger partial charge in [-0.05, 0) is 124 Å². The number of benzene rings is 3. The van der Waals surface area contributed by atoms with E-state index in [1.165, 1.54) is 11.8 Å². The lowest BCUT2D eigenvalue weighted by Crippen LogP contribution is -2.19. The molecule has 1 saturated heterocycles. The third-order valence-corrected chi connectivity index (χ3v) is 9.08. The smallest absolute Gasteiger partial charge is 0.264 e. The van der Waals surface area contributed by atoms with Crippen molar-refractivity contribution < 1.29 is 9.53 Å². The number of amidine groups is 1. The summed E-state index contributed by atoms with van der Waals surface area (Å²) in [6, 6.07) is 15.6. The average Bonchev–Trinajstić information content (AvgIpc) is 3.11. The van der Waals surface area contributed by atoms with Gasteiger partial charge >= 0.3 is 0 Å². The van der Waals surface area contributed by atoms with E-state index in [2.05, 4.69) is 71.4 Å². The van der Waals surface area contributed by atoms with Gasteiger partial charge in [0.1, 0.15) is 12.4 Å². The number of carbonyl (C=O) groups excluding carboxylic acids is 1. The number of hydrogen-bond donors (Lipinski definition) is 1. The molecule has 0 bridgehead atoms. The number of nitrogens with one attached hydrogen (secondary N) is 1. The maximum Gasteiger partial charge on any atom is 0.264 e. The molecule has 1 aliphatic heterocycles. The van der Waals surface area contributed by atoms with Crippen molar-refractivity contribution in [2.24, 2.45) is 4.99 Å². The Balaban J connectivity index is 1.52. The van der Waals surface area contributed by atoms with Crippen LogP contribution in [0.5, 0.6) is 5.75 Å². The molecule has 1 heterocycles. The van der Waals surface area contributed by atoms with E-state index < -0.39 is 0 Å². The van der Waals surface area contributed by atoms with Crippen LogP contribution in [0.1, 0.15) is 22.3 Å². The molecule has 0 unspecified atom stereocenters. The Morgan fingerprint density at radius 3 is 2.41 bits per heavy atom. The summed E-state index contributed by atoms with van der Waals surface area (Å²) in [6.45, 7) is 4.44. The molecule has 0 saturated carbocycles. The lowest BCUT2D eigenvalue weighted by molar-refractivity contribution is -0.115. The Morgan fingerprint density at radius 2 is 1.76 bits per heavy atom. The van der Waals surface area contributed by atoms with E-state index in [-0.39, 0.29) is 5.91 Å². The minimum atomic E-state index is -0.154. The largest absolute Gasteiger partial charge is 0.487 e. The fraction of sp³-hybridized carbons (Fsp3) is 0.120. The quantitative estimate of drug-likeness (QED) is 0.209. The average molecular weight is 780 g/mol. The van der Waals surface area contributed by atoms with Crippen LogP contribution in [0.4, 0.5) is 5.69 Å². The van der Waals surface area contributed by atoms with Gasteiger partial charge in [0.2, 0.25) is 0 Å². The molecular weight excluding hydrogens is 762 g/mol. The predicted molar refractivity (Wildman–Crippen MR) is 162 cm³/mol. The Labute approximate surface area is 243 Å². The molecule has 0 aromatic heterocycles. The summed E-state index contributed by atoms with van der Waals surface area (Å²) < 4.78 is 9.06. The van der Waals surface area contributed by atoms with Crippen LogP contribution in [0, 0.1) is 21.0 Å². The molecular formula is C25H18BrClI2N2O2S. The number of carbonyl (C=O) groups is 1. The zero-order valence-corrected chi connectivity index (χ0v) is 25.6. The van der Waals surface area contributed by atoms with E-state index in [0.29, 0.717) is 21.7 Å². The molecule has 34 heavy (non-hydrogen) atoms. The second-order valence-corrected chi connectivity index (χ2v) is 12.1. The summed E-state index contributed by atoms with van der Waals surface area (Å²) in [4.78, 5) is 17.8. The van der Waals surface area contributed by atoms with E-state index in [4.69, 9.17) is 16.3 Å². The van der Waals surface area contributed by atoms with Crippen molar-refractivity contribution in [3.63, 3.8) is 0 Å². The number of ether oxygens (including phenoxy) is 1. The van der Waals surface area contributed by atoms with Crippen molar-refractivity contribution in [1.29, 1.82) is 0 Å². The summed E-state index contributed by atoms with van der Waals surface area (Å²) in [5, 5.41) is 4.12. The number of halogens is 4. The predicted octanol–water partition coefficient (Wildman–Crippen LogP) is 8.40. The fourth-order valence-corrected chi connectivity index (χ4v) is 6.69. The molecule has 4 rings (SSSR count). The van der Waals surface area contributed by atoms with Gasteiger partial charge in [-0.25, -0.2) is 4.99 Å². The monoisotopic (exact) mass is 778 g/mol. The molecule has 0 atom stereocenters. The number of thioether (sulfide) groups is 1. The highest BCUT2D eigenvalue weighted by Crippen LogP contribution is 2.34. The number of nitrogens with zero attached hydrogens (tertiary/aromatic N) is 1. The molecule has 9 heteroatoms. The summed E-state index contributed by atoms with van der Waals surface area (Å²) in [7, 11) is 0. The number of hydrogen-bond acceptors (Lipinski definition) is 4. The maximum atomic E-state index is 12.6. The highest BCUT2D eigenvalue weighted by atomic mass is 127. The van der Waals surface area contributed by atoms with Crippen LogP contribution in [0.3, 0.4) is 0 Å². The number of aryl methyl sites for hydroxylation is 2. The van der Waals surface area contributed by atoms with Gasteiger partial charge in [-0.3, -0.25) is 4.79 Å². The van der Waals surface area contributed by atoms with Gasteiger partial charge in [0.05, 0.1) is 17.7 Å². The van der Waals surface area contributed by atoms with Crippen LogP contribution < -0.4 is 10.1 Å². The lowest BCUT2D eigenvalue weighted by atomic mass is 10.1. The van der Waals surface area contributed by atoms with Crippen LogP contribution in [0.25, 0.3) is 6.08 Å². The number of rotatable bonds is 5. The molecule has 1 aliphatic rings. The number of aliphatic imine (C=N–C) groups is 1. The molecule has 3 aromatic carbocycles. The Hall–Kier alpha value is -1.08. The minimum Gasteiger partial charge on any atom is -0.487 e. The van der Waals surface area contributed by atoms with E-state index in [1.54, 1.807) is 0 Å². The summed E-state index contributed by atoms with van der Waals surface area (Å²) in [5.74, 6) is 0.647. The maximum absolute atomic E-state index is 12.6. The molecule has 174 valence electrons. The van der Waals surface area contributed by atoms with Crippen molar-refractivity contribution >= 4 is 107 Å². The van der Waals surface area contributed by atoms with Gasteiger partial charge in [-0.15, -0.1) is 0 Å². The van der Waals surface area contributed by atoms with Crippen LogP contribution in [0.2, 0.25) is 5.02 Å². The van der Waals surface area contributed by atoms with Gasteiger partial charge in [0.25, 0.3) is 5.91 Å². The first kappa shape index (κ1) is 26.0. The SMILES string of the molecule is Cc1cc(N=C2NC(=O)/C(=C/c3cc(I)c(OCc4ccccc4Cl)c(I)c3)S2)cc(C)c1Br. The van der Waals surface area contributed by atoms with Crippen LogP contribution in [0.15, 0.2) is 62.9 Å². The first-order chi connectivity index (χ1) is 16.2. The fourth-order valence-electron chi connectivity index (χ4n) is 3.30. The molecule has 0 radical (unpaired) electrons. The van der Waals surface area contributed by atoms with Crippen molar-refractivity contribution in [2.75, 3.05) is 0 Å². The lowest BCUT2D eigenvalue weighted by Gasteiger charge is -2.12. The highest BCUT2D eigenvalue weighted by molar-refractivity contribution is 14.1.